The summed E-state index contributed by atoms with van der Waals surface area (Å²) >= 11 is 0. The summed E-state index contributed by atoms with van der Waals surface area (Å²) in [6.45, 7) is 2.82. The summed E-state index contributed by atoms with van der Waals surface area (Å²) in [6.07, 6.45) is -0.0541. The Kier molecular flexibility index (Phi) is 12.2. The summed E-state index contributed by atoms with van der Waals surface area (Å²) < 4.78 is 0. The minimum Gasteiger partial charge on any atom is -0.481 e. The first-order valence-corrected chi connectivity index (χ1v) is 9.51. The number of hydrogen-bond acceptors (Lipinski definition) is 7. The Morgan fingerprint density at radius 2 is 1.45 bits per heavy atom. The van der Waals surface area contributed by atoms with E-state index in [1.54, 1.807) is 0 Å². The monoisotopic (exact) mass is 445 g/mol. The van der Waals surface area contributed by atoms with Gasteiger partial charge in [-0.25, -0.2) is 0 Å². The van der Waals surface area contributed by atoms with Crippen molar-refractivity contribution < 1.29 is 34.2 Å². The third kappa shape index (κ3) is 12.0. The molecule has 3 amide bonds. The van der Waals surface area contributed by atoms with E-state index in [0.717, 1.165) is 0 Å². The Labute approximate surface area is 179 Å². The number of guanidine groups is 1. The standard InChI is InChI=1S/C17H31N7O7/c1-8(13(27)23-9(2)16(30)31)22-15(29)11(5-6-12(25)26)24-14(28)10(18)4-3-7-21-17(19)20/h8-11H,3-7,18H2,1-2H3,(H,22,29)(H,23,27)(H,24,28)(H,25,26)(H,30,31)(H4,19,20,21)/t8-,9-,10-,11-/m0/s1. The van der Waals surface area contributed by atoms with Gasteiger partial charge in [0.05, 0.1) is 6.04 Å². The fourth-order valence-electron chi connectivity index (χ4n) is 2.25. The molecule has 0 aromatic carbocycles. The topological polar surface area (TPSA) is 252 Å². The number of nitrogens with zero attached hydrogens (tertiary/aromatic N) is 1. The predicted octanol–water partition coefficient (Wildman–Crippen LogP) is -3.19. The summed E-state index contributed by atoms with van der Waals surface area (Å²) in [7, 11) is 0. The molecular weight excluding hydrogens is 414 g/mol. The zero-order valence-corrected chi connectivity index (χ0v) is 17.5. The third-order valence-corrected chi connectivity index (χ3v) is 4.07. The van der Waals surface area contributed by atoms with Crippen LogP contribution < -0.4 is 33.2 Å². The number of rotatable bonds is 14. The number of carbonyl (C=O) groups excluding carboxylic acids is 3. The molecule has 0 radical (unpaired) electrons. The highest BCUT2D eigenvalue weighted by Gasteiger charge is 2.27. The van der Waals surface area contributed by atoms with Crippen LogP contribution in [0.2, 0.25) is 0 Å². The first-order valence-electron chi connectivity index (χ1n) is 9.51. The first-order chi connectivity index (χ1) is 14.3. The molecule has 0 unspecified atom stereocenters. The molecule has 0 saturated carbocycles. The maximum atomic E-state index is 12.5. The Balaban J connectivity index is 4.95. The second kappa shape index (κ2) is 13.7. The Bertz CT molecular complexity index is 694. The van der Waals surface area contributed by atoms with Crippen molar-refractivity contribution in [3.63, 3.8) is 0 Å². The number of carboxylic acids is 2. The molecule has 0 aliphatic heterocycles. The van der Waals surface area contributed by atoms with Crippen molar-refractivity contribution in [3.8, 4) is 0 Å². The normalized spacial score (nSPS) is 14.3. The molecule has 31 heavy (non-hydrogen) atoms. The van der Waals surface area contributed by atoms with E-state index in [1.807, 2.05) is 0 Å². The molecule has 0 aliphatic carbocycles. The highest BCUT2D eigenvalue weighted by atomic mass is 16.4. The number of carbonyl (C=O) groups is 5. The van der Waals surface area contributed by atoms with Crippen LogP contribution in [-0.2, 0) is 24.0 Å². The molecule has 0 fully saturated rings. The van der Waals surface area contributed by atoms with Crippen LogP contribution in [0.5, 0.6) is 0 Å². The molecule has 0 aromatic heterocycles. The van der Waals surface area contributed by atoms with E-state index in [0.29, 0.717) is 6.42 Å². The van der Waals surface area contributed by atoms with Gasteiger partial charge in [-0.3, -0.25) is 29.0 Å². The van der Waals surface area contributed by atoms with Crippen molar-refractivity contribution in [3.05, 3.63) is 0 Å². The predicted molar refractivity (Wildman–Crippen MR) is 110 cm³/mol. The van der Waals surface area contributed by atoms with Crippen LogP contribution in [0, 0.1) is 0 Å². The van der Waals surface area contributed by atoms with Crippen LogP contribution in [0.3, 0.4) is 0 Å². The first kappa shape index (κ1) is 27.6. The zero-order chi connectivity index (χ0) is 24.1. The van der Waals surface area contributed by atoms with E-state index in [9.17, 15) is 24.0 Å². The van der Waals surface area contributed by atoms with Gasteiger partial charge >= 0.3 is 11.9 Å². The molecule has 14 heteroatoms. The lowest BCUT2D eigenvalue weighted by atomic mass is 10.1. The number of nitrogens with two attached hydrogens (primary N) is 3. The number of aliphatic imine (C=N–C) groups is 1. The minimum atomic E-state index is -1.26. The van der Waals surface area contributed by atoms with Gasteiger partial charge in [0.1, 0.15) is 18.1 Å². The molecular formula is C17H31N7O7. The van der Waals surface area contributed by atoms with Crippen LogP contribution in [0.15, 0.2) is 4.99 Å². The van der Waals surface area contributed by atoms with Gasteiger partial charge in [-0.05, 0) is 33.1 Å². The molecule has 0 spiro atoms. The van der Waals surface area contributed by atoms with E-state index in [4.69, 9.17) is 27.4 Å². The van der Waals surface area contributed by atoms with E-state index >= 15 is 0 Å². The summed E-state index contributed by atoms with van der Waals surface area (Å²) in [5.74, 6) is -4.80. The smallest absolute Gasteiger partial charge is 0.325 e. The zero-order valence-electron chi connectivity index (χ0n) is 17.5. The minimum absolute atomic E-state index is 0.0978. The molecule has 14 nitrogen and oxygen atoms in total. The van der Waals surface area contributed by atoms with Crippen LogP contribution in [0.4, 0.5) is 0 Å². The average Bonchev–Trinajstić information content (AvgIpc) is 2.67. The maximum absolute atomic E-state index is 12.5. The molecule has 0 aliphatic rings. The second-order valence-electron chi connectivity index (χ2n) is 6.85. The third-order valence-electron chi connectivity index (χ3n) is 4.07. The largest absolute Gasteiger partial charge is 0.481 e. The Morgan fingerprint density at radius 3 is 1.97 bits per heavy atom. The van der Waals surface area contributed by atoms with Gasteiger partial charge in [0.2, 0.25) is 17.7 Å². The van der Waals surface area contributed by atoms with Crippen molar-refractivity contribution >= 4 is 35.6 Å². The number of hydrogen-bond donors (Lipinski definition) is 8. The van der Waals surface area contributed by atoms with Gasteiger partial charge in [-0.15, -0.1) is 0 Å². The summed E-state index contributed by atoms with van der Waals surface area (Å²) in [5, 5.41) is 24.6. The van der Waals surface area contributed by atoms with Gasteiger partial charge in [-0.2, -0.15) is 0 Å². The van der Waals surface area contributed by atoms with Crippen LogP contribution >= 0.6 is 0 Å². The lowest BCUT2D eigenvalue weighted by Crippen LogP contribution is -2.56. The number of amides is 3. The van der Waals surface area contributed by atoms with E-state index in [-0.39, 0.29) is 25.3 Å². The van der Waals surface area contributed by atoms with E-state index in [2.05, 4.69) is 20.9 Å². The Hall–Kier alpha value is -3.42. The van der Waals surface area contributed by atoms with Gasteiger partial charge in [0, 0.05) is 13.0 Å². The number of nitrogens with one attached hydrogen (secondary N) is 3. The summed E-state index contributed by atoms with van der Waals surface area (Å²) in [4.78, 5) is 62.2. The summed E-state index contributed by atoms with van der Waals surface area (Å²) in [6, 6.07) is -4.57. The van der Waals surface area contributed by atoms with Crippen molar-refractivity contribution in [2.75, 3.05) is 6.54 Å². The molecule has 11 N–H and O–H groups in total. The average molecular weight is 445 g/mol. The van der Waals surface area contributed by atoms with E-state index < -0.39 is 60.2 Å². The van der Waals surface area contributed by atoms with Gasteiger partial charge in [0.15, 0.2) is 5.96 Å². The Morgan fingerprint density at radius 1 is 0.871 bits per heavy atom. The van der Waals surface area contributed by atoms with Crippen LogP contribution in [-0.4, -0.2) is 76.5 Å². The van der Waals surface area contributed by atoms with Crippen molar-refractivity contribution in [1.82, 2.24) is 16.0 Å². The van der Waals surface area contributed by atoms with Gasteiger partial charge < -0.3 is 43.4 Å². The SMILES string of the molecule is C[C@H](NC(=O)[C@H](C)NC(=O)[C@H](CCC(=O)O)NC(=O)[C@@H](N)CCCN=C(N)N)C(=O)O. The molecule has 4 atom stereocenters. The van der Waals surface area contributed by atoms with Gasteiger partial charge in [-0.1, -0.05) is 0 Å². The molecule has 0 aromatic rings. The fraction of sp³-hybridized carbons (Fsp3) is 0.647. The van der Waals surface area contributed by atoms with E-state index in [1.165, 1.54) is 13.8 Å². The van der Waals surface area contributed by atoms with Crippen molar-refractivity contribution in [1.29, 1.82) is 0 Å². The number of carboxylic acid groups (broad SMARTS) is 2. The van der Waals surface area contributed by atoms with Crippen LogP contribution in [0.1, 0.15) is 39.5 Å². The number of aliphatic carboxylic acids is 2. The summed E-state index contributed by atoms with van der Waals surface area (Å²) in [5.41, 5.74) is 16.2. The van der Waals surface area contributed by atoms with Crippen molar-refractivity contribution in [2.45, 2.75) is 63.7 Å². The quantitative estimate of drug-likeness (QED) is 0.0755. The maximum Gasteiger partial charge on any atom is 0.325 e. The van der Waals surface area contributed by atoms with Gasteiger partial charge in [0.25, 0.3) is 0 Å². The lowest BCUT2D eigenvalue weighted by Gasteiger charge is -2.22. The molecule has 0 bridgehead atoms. The highest BCUT2D eigenvalue weighted by molar-refractivity contribution is 5.94. The molecule has 176 valence electrons. The fourth-order valence-corrected chi connectivity index (χ4v) is 2.25. The second-order valence-corrected chi connectivity index (χ2v) is 6.85. The van der Waals surface area contributed by atoms with Crippen LogP contribution in [0.25, 0.3) is 0 Å². The lowest BCUT2D eigenvalue weighted by molar-refractivity contribution is -0.141. The van der Waals surface area contributed by atoms with Crippen molar-refractivity contribution in [2.24, 2.45) is 22.2 Å². The molecule has 0 rings (SSSR count). The molecule has 0 heterocycles. The molecule has 0 saturated heterocycles. The highest BCUT2D eigenvalue weighted by Crippen LogP contribution is 2.02.